The van der Waals surface area contributed by atoms with E-state index in [1.807, 2.05) is 19.4 Å². The van der Waals surface area contributed by atoms with E-state index in [2.05, 4.69) is 15.6 Å². The molecule has 4 N–H and O–H groups in total. The summed E-state index contributed by atoms with van der Waals surface area (Å²) in [6.07, 6.45) is 0. The Labute approximate surface area is 122 Å². The zero-order chi connectivity index (χ0) is 14.5. The van der Waals surface area contributed by atoms with Crippen LogP contribution >= 0.6 is 11.3 Å². The van der Waals surface area contributed by atoms with Crippen molar-refractivity contribution in [3.8, 4) is 0 Å². The molecule has 1 amide bonds. The summed E-state index contributed by atoms with van der Waals surface area (Å²) in [5.41, 5.74) is 10.6. The predicted octanol–water partition coefficient (Wildman–Crippen LogP) is 2.40. The molecular weight excluding hydrogens is 272 g/mol. The SMILES string of the molecule is CCNC(=O)c1ccc(N)cc1NCc1scnc1C. The number of hydrogen-bond donors (Lipinski definition) is 3. The third-order valence-electron chi connectivity index (χ3n) is 2.91. The number of hydrogen-bond acceptors (Lipinski definition) is 5. The lowest BCUT2D eigenvalue weighted by molar-refractivity contribution is 0.0956. The van der Waals surface area contributed by atoms with Gasteiger partial charge in [0.2, 0.25) is 0 Å². The summed E-state index contributed by atoms with van der Waals surface area (Å²) in [7, 11) is 0. The van der Waals surface area contributed by atoms with Gasteiger partial charge in [-0.2, -0.15) is 0 Å². The maximum atomic E-state index is 12.0. The van der Waals surface area contributed by atoms with Crippen molar-refractivity contribution in [1.29, 1.82) is 0 Å². The highest BCUT2D eigenvalue weighted by molar-refractivity contribution is 7.09. The van der Waals surface area contributed by atoms with Crippen molar-refractivity contribution < 1.29 is 4.79 Å². The van der Waals surface area contributed by atoms with Crippen LogP contribution in [0, 0.1) is 6.92 Å². The average molecular weight is 290 g/mol. The summed E-state index contributed by atoms with van der Waals surface area (Å²) >= 11 is 1.59. The molecule has 0 unspecified atom stereocenters. The van der Waals surface area contributed by atoms with Gasteiger partial charge in [-0.25, -0.2) is 4.98 Å². The van der Waals surface area contributed by atoms with Crippen LogP contribution in [0.5, 0.6) is 0 Å². The first-order valence-corrected chi connectivity index (χ1v) is 7.30. The molecule has 1 heterocycles. The van der Waals surface area contributed by atoms with Crippen molar-refractivity contribution in [2.75, 3.05) is 17.6 Å². The standard InChI is InChI=1S/C14H18N4OS/c1-3-16-14(19)11-5-4-10(15)6-12(11)17-7-13-9(2)18-8-20-13/h4-6,8,17H,3,7,15H2,1-2H3,(H,16,19). The van der Waals surface area contributed by atoms with Gasteiger partial charge in [-0.1, -0.05) is 0 Å². The minimum atomic E-state index is -0.101. The Morgan fingerprint density at radius 1 is 1.45 bits per heavy atom. The minimum absolute atomic E-state index is 0.101. The molecule has 5 nitrogen and oxygen atoms in total. The van der Waals surface area contributed by atoms with Crippen LogP contribution < -0.4 is 16.4 Å². The Morgan fingerprint density at radius 3 is 2.90 bits per heavy atom. The Kier molecular flexibility index (Phi) is 4.57. The number of thiazole rings is 1. The summed E-state index contributed by atoms with van der Waals surface area (Å²) in [6, 6.07) is 5.25. The van der Waals surface area contributed by atoms with Crippen LogP contribution in [0.3, 0.4) is 0 Å². The topological polar surface area (TPSA) is 80.0 Å². The van der Waals surface area contributed by atoms with Crippen molar-refractivity contribution in [3.05, 3.63) is 39.8 Å². The van der Waals surface area contributed by atoms with Crippen molar-refractivity contribution in [2.24, 2.45) is 0 Å². The Morgan fingerprint density at radius 2 is 2.25 bits per heavy atom. The van der Waals surface area contributed by atoms with E-state index in [9.17, 15) is 4.79 Å². The number of nitrogens with one attached hydrogen (secondary N) is 2. The monoisotopic (exact) mass is 290 g/mol. The van der Waals surface area contributed by atoms with Crippen molar-refractivity contribution in [1.82, 2.24) is 10.3 Å². The second-order valence-corrected chi connectivity index (χ2v) is 5.32. The molecule has 2 aromatic rings. The fourth-order valence-corrected chi connectivity index (χ4v) is 2.55. The first kappa shape index (κ1) is 14.3. The van der Waals surface area contributed by atoms with E-state index >= 15 is 0 Å². The van der Waals surface area contributed by atoms with Gasteiger partial charge in [-0.3, -0.25) is 4.79 Å². The smallest absolute Gasteiger partial charge is 0.253 e. The number of nitrogens with zero attached hydrogens (tertiary/aromatic N) is 1. The molecule has 1 aromatic carbocycles. The minimum Gasteiger partial charge on any atom is -0.399 e. The normalized spacial score (nSPS) is 10.3. The lowest BCUT2D eigenvalue weighted by Gasteiger charge is -2.12. The number of aryl methyl sites for hydroxylation is 1. The lowest BCUT2D eigenvalue weighted by Crippen LogP contribution is -2.23. The largest absolute Gasteiger partial charge is 0.399 e. The van der Waals surface area contributed by atoms with E-state index in [1.54, 1.807) is 29.5 Å². The van der Waals surface area contributed by atoms with Gasteiger partial charge in [0.05, 0.1) is 23.3 Å². The molecule has 0 saturated heterocycles. The Hall–Kier alpha value is -2.08. The number of nitrogens with two attached hydrogens (primary N) is 1. The molecule has 0 aliphatic rings. The number of carbonyl (C=O) groups excluding carboxylic acids is 1. The summed E-state index contributed by atoms with van der Waals surface area (Å²) in [5, 5.41) is 6.06. The number of amides is 1. The molecule has 0 aliphatic carbocycles. The predicted molar refractivity (Wildman–Crippen MR) is 83.0 cm³/mol. The highest BCUT2D eigenvalue weighted by Gasteiger charge is 2.11. The molecule has 20 heavy (non-hydrogen) atoms. The highest BCUT2D eigenvalue weighted by atomic mass is 32.1. The molecule has 1 aromatic heterocycles. The summed E-state index contributed by atoms with van der Waals surface area (Å²) in [4.78, 5) is 17.4. The van der Waals surface area contributed by atoms with E-state index in [1.165, 1.54) is 0 Å². The van der Waals surface area contributed by atoms with Gasteiger partial charge >= 0.3 is 0 Å². The summed E-state index contributed by atoms with van der Waals surface area (Å²) in [6.45, 7) is 5.09. The zero-order valence-electron chi connectivity index (χ0n) is 11.6. The molecule has 0 spiro atoms. The van der Waals surface area contributed by atoms with E-state index in [4.69, 9.17) is 5.73 Å². The van der Waals surface area contributed by atoms with Crippen LogP contribution in [0.4, 0.5) is 11.4 Å². The fraction of sp³-hybridized carbons (Fsp3) is 0.286. The molecule has 0 atom stereocenters. The van der Waals surface area contributed by atoms with Crippen LogP contribution in [-0.2, 0) is 6.54 Å². The van der Waals surface area contributed by atoms with Gasteiger partial charge in [-0.15, -0.1) is 11.3 Å². The van der Waals surface area contributed by atoms with Crippen LogP contribution in [0.15, 0.2) is 23.7 Å². The van der Waals surface area contributed by atoms with Crippen LogP contribution in [0.1, 0.15) is 27.9 Å². The van der Waals surface area contributed by atoms with E-state index in [0.29, 0.717) is 24.3 Å². The quantitative estimate of drug-likeness (QED) is 0.739. The number of rotatable bonds is 5. The zero-order valence-corrected chi connectivity index (χ0v) is 12.4. The van der Waals surface area contributed by atoms with Gasteiger partial charge in [0.15, 0.2) is 0 Å². The number of anilines is 2. The van der Waals surface area contributed by atoms with Gasteiger partial charge in [-0.05, 0) is 32.0 Å². The van der Waals surface area contributed by atoms with Gasteiger partial charge in [0.25, 0.3) is 5.91 Å². The molecule has 0 fully saturated rings. The summed E-state index contributed by atoms with van der Waals surface area (Å²) in [5.74, 6) is -0.101. The number of aromatic nitrogens is 1. The number of nitrogen functional groups attached to an aromatic ring is 1. The Bertz CT molecular complexity index is 609. The molecular formula is C14H18N4OS. The lowest BCUT2D eigenvalue weighted by atomic mass is 10.1. The summed E-state index contributed by atoms with van der Waals surface area (Å²) < 4.78 is 0. The average Bonchev–Trinajstić information content (AvgIpc) is 2.82. The molecule has 0 aliphatic heterocycles. The first-order chi connectivity index (χ1) is 9.61. The van der Waals surface area contributed by atoms with E-state index < -0.39 is 0 Å². The van der Waals surface area contributed by atoms with Crippen molar-refractivity contribution in [3.63, 3.8) is 0 Å². The molecule has 0 saturated carbocycles. The maximum absolute atomic E-state index is 12.0. The van der Waals surface area contributed by atoms with Crippen LogP contribution in [-0.4, -0.2) is 17.4 Å². The van der Waals surface area contributed by atoms with Gasteiger partial charge < -0.3 is 16.4 Å². The third kappa shape index (κ3) is 3.27. The second kappa shape index (κ2) is 6.38. The van der Waals surface area contributed by atoms with Gasteiger partial charge in [0.1, 0.15) is 0 Å². The van der Waals surface area contributed by atoms with E-state index in [-0.39, 0.29) is 5.91 Å². The number of benzene rings is 1. The molecule has 106 valence electrons. The molecule has 0 radical (unpaired) electrons. The third-order valence-corrected chi connectivity index (χ3v) is 3.84. The second-order valence-electron chi connectivity index (χ2n) is 4.38. The Balaban J connectivity index is 2.19. The first-order valence-electron chi connectivity index (χ1n) is 6.42. The maximum Gasteiger partial charge on any atom is 0.253 e. The molecule has 2 rings (SSSR count). The fourth-order valence-electron chi connectivity index (χ4n) is 1.83. The van der Waals surface area contributed by atoms with Crippen molar-refractivity contribution >= 4 is 28.6 Å². The van der Waals surface area contributed by atoms with Crippen molar-refractivity contribution in [2.45, 2.75) is 20.4 Å². The molecule has 0 bridgehead atoms. The van der Waals surface area contributed by atoms with Crippen LogP contribution in [0.25, 0.3) is 0 Å². The number of carbonyl (C=O) groups is 1. The highest BCUT2D eigenvalue weighted by Crippen LogP contribution is 2.21. The van der Waals surface area contributed by atoms with Crippen LogP contribution in [0.2, 0.25) is 0 Å². The van der Waals surface area contributed by atoms with E-state index in [0.717, 1.165) is 16.3 Å². The van der Waals surface area contributed by atoms with Gasteiger partial charge in [0, 0.05) is 22.8 Å². The molecule has 6 heteroatoms.